The number of carbonyl (C=O) groups excluding carboxylic acids is 1. The van der Waals surface area contributed by atoms with Crippen LogP contribution in [-0.2, 0) is 9.53 Å². The minimum absolute atomic E-state index is 0.189. The molecule has 0 unspecified atom stereocenters. The Labute approximate surface area is 259 Å². The molecular formula is C31H29BrN4O4S2. The van der Waals surface area contributed by atoms with Crippen LogP contribution in [-0.4, -0.2) is 28.8 Å². The summed E-state index contributed by atoms with van der Waals surface area (Å²) in [5.74, 6) is 0.00564. The number of thiophene rings is 1. The second kappa shape index (κ2) is 11.5. The number of nitriles is 1. The van der Waals surface area contributed by atoms with E-state index in [-0.39, 0.29) is 17.7 Å². The van der Waals surface area contributed by atoms with E-state index in [0.29, 0.717) is 31.9 Å². The molecule has 216 valence electrons. The Hall–Kier alpha value is -3.72. The number of aromatic nitrogens is 2. The van der Waals surface area contributed by atoms with Crippen molar-refractivity contribution in [3.63, 3.8) is 0 Å². The summed E-state index contributed by atoms with van der Waals surface area (Å²) in [7, 11) is 1.56. The van der Waals surface area contributed by atoms with Crippen molar-refractivity contribution in [2.24, 2.45) is 4.99 Å². The highest BCUT2D eigenvalue weighted by molar-refractivity contribution is 9.10. The number of thiazole rings is 1. The summed E-state index contributed by atoms with van der Waals surface area (Å²) in [6, 6.07) is 9.07. The zero-order valence-corrected chi connectivity index (χ0v) is 27.5. The number of benzene rings is 1. The Morgan fingerprint density at radius 3 is 2.60 bits per heavy atom. The summed E-state index contributed by atoms with van der Waals surface area (Å²) < 4.78 is 16.0. The lowest BCUT2D eigenvalue weighted by Gasteiger charge is -2.26. The Bertz CT molecular complexity index is 2020. The van der Waals surface area contributed by atoms with Crippen molar-refractivity contribution in [2.45, 2.75) is 47.6 Å². The summed E-state index contributed by atoms with van der Waals surface area (Å²) in [5, 5.41) is 10.7. The number of hydrogen-bond acceptors (Lipinski definition) is 8. The normalized spacial score (nSPS) is 14.9. The summed E-state index contributed by atoms with van der Waals surface area (Å²) >= 11 is 6.38. The minimum Gasteiger partial charge on any atom is -0.496 e. The van der Waals surface area contributed by atoms with Crippen LogP contribution >= 0.6 is 38.6 Å². The van der Waals surface area contributed by atoms with Gasteiger partial charge in [0.15, 0.2) is 4.80 Å². The average Bonchev–Trinajstić information content (AvgIpc) is 3.51. The molecule has 0 saturated heterocycles. The third-order valence-corrected chi connectivity index (χ3v) is 10.1. The van der Waals surface area contributed by atoms with E-state index in [9.17, 15) is 14.9 Å². The molecule has 1 aromatic carbocycles. The maximum Gasteiger partial charge on any atom is 0.338 e. The van der Waals surface area contributed by atoms with Gasteiger partial charge in [-0.1, -0.05) is 27.3 Å². The van der Waals surface area contributed by atoms with Crippen LogP contribution in [0, 0.1) is 39.0 Å². The van der Waals surface area contributed by atoms with Gasteiger partial charge in [-0.3, -0.25) is 9.36 Å². The van der Waals surface area contributed by atoms with Gasteiger partial charge >= 0.3 is 5.97 Å². The standard InChI is InChI=1S/C31H29BrN4O4S2/c1-8-40-30(38)26-17(4)34-31-36(27(26)22-13-21(32)9-10-24(22)39-7)28(37)25(42-31)12-20-11-15(2)35(18(20)5)29-23(14-33)16(3)19(6)41-29/h9-13,27H,8H2,1-7H3/b25-12-/t27-/m0/s1. The molecule has 0 saturated carbocycles. The maximum absolute atomic E-state index is 14.1. The number of aryl methyl sites for hydroxylation is 2. The van der Waals surface area contributed by atoms with Crippen molar-refractivity contribution >= 4 is 50.6 Å². The molecule has 4 aromatic rings. The summed E-state index contributed by atoms with van der Waals surface area (Å²) in [6.45, 7) is 11.6. The Kier molecular flexibility index (Phi) is 8.16. The number of ether oxygens (including phenoxy) is 2. The van der Waals surface area contributed by atoms with Gasteiger partial charge in [-0.2, -0.15) is 5.26 Å². The first kappa shape index (κ1) is 29.8. The zero-order chi connectivity index (χ0) is 30.5. The number of fused-ring (bicyclic) bond motifs is 1. The Balaban J connectivity index is 1.74. The van der Waals surface area contributed by atoms with Gasteiger partial charge < -0.3 is 14.0 Å². The molecular weight excluding hydrogens is 636 g/mol. The number of allylic oxidation sites excluding steroid dienone is 1. The number of hydrogen-bond donors (Lipinski definition) is 0. The van der Waals surface area contributed by atoms with Crippen molar-refractivity contribution in [1.29, 1.82) is 5.26 Å². The number of nitrogens with zero attached hydrogens (tertiary/aromatic N) is 4. The van der Waals surface area contributed by atoms with E-state index in [2.05, 4.69) is 31.6 Å². The highest BCUT2D eigenvalue weighted by atomic mass is 79.9. The van der Waals surface area contributed by atoms with E-state index >= 15 is 0 Å². The molecule has 1 atom stereocenters. The molecule has 0 fully saturated rings. The quantitative estimate of drug-likeness (QED) is 0.253. The topological polar surface area (TPSA) is 98.6 Å². The summed E-state index contributed by atoms with van der Waals surface area (Å²) in [6.07, 6.45) is 1.86. The highest BCUT2D eigenvalue weighted by Crippen LogP contribution is 2.37. The Morgan fingerprint density at radius 2 is 1.93 bits per heavy atom. The van der Waals surface area contributed by atoms with Crippen LogP contribution in [0.1, 0.15) is 58.4 Å². The molecule has 0 radical (unpaired) electrons. The largest absolute Gasteiger partial charge is 0.496 e. The number of methoxy groups -OCH3 is 1. The fourth-order valence-electron chi connectivity index (χ4n) is 5.29. The predicted octanol–water partition coefficient (Wildman–Crippen LogP) is 5.53. The van der Waals surface area contributed by atoms with Crippen molar-refractivity contribution < 1.29 is 14.3 Å². The third kappa shape index (κ3) is 4.87. The van der Waals surface area contributed by atoms with Crippen LogP contribution in [0.15, 0.2) is 49.8 Å². The van der Waals surface area contributed by atoms with E-state index in [1.165, 1.54) is 11.3 Å². The smallest absolute Gasteiger partial charge is 0.338 e. The van der Waals surface area contributed by atoms with Crippen molar-refractivity contribution in [1.82, 2.24) is 9.13 Å². The average molecular weight is 666 g/mol. The molecule has 3 aromatic heterocycles. The van der Waals surface area contributed by atoms with E-state index < -0.39 is 12.0 Å². The van der Waals surface area contributed by atoms with Gasteiger partial charge in [0.25, 0.3) is 5.56 Å². The molecule has 8 nitrogen and oxygen atoms in total. The first-order chi connectivity index (χ1) is 20.0. The van der Waals surface area contributed by atoms with E-state index in [1.807, 2.05) is 52.0 Å². The van der Waals surface area contributed by atoms with E-state index in [0.717, 1.165) is 36.9 Å². The van der Waals surface area contributed by atoms with Crippen LogP contribution < -0.4 is 19.6 Å². The Morgan fingerprint density at radius 1 is 1.19 bits per heavy atom. The molecule has 0 bridgehead atoms. The summed E-state index contributed by atoms with van der Waals surface area (Å²) in [4.78, 5) is 33.7. The second-order valence-corrected chi connectivity index (χ2v) is 13.1. The van der Waals surface area contributed by atoms with Crippen LogP contribution in [0.3, 0.4) is 0 Å². The summed E-state index contributed by atoms with van der Waals surface area (Å²) in [5.41, 5.74) is 5.53. The highest BCUT2D eigenvalue weighted by Gasteiger charge is 2.35. The molecule has 0 spiro atoms. The van der Waals surface area contributed by atoms with E-state index in [1.54, 1.807) is 42.9 Å². The van der Waals surface area contributed by atoms with Crippen LogP contribution in [0.5, 0.6) is 5.75 Å². The lowest BCUT2D eigenvalue weighted by molar-refractivity contribution is -0.139. The van der Waals surface area contributed by atoms with Crippen LogP contribution in [0.2, 0.25) is 0 Å². The fraction of sp³-hybridized carbons (Fsp3) is 0.290. The molecule has 1 aliphatic rings. The van der Waals surface area contributed by atoms with Gasteiger partial charge in [-0.15, -0.1) is 11.3 Å². The van der Waals surface area contributed by atoms with Crippen molar-refractivity contribution in [3.05, 3.63) is 98.2 Å². The van der Waals surface area contributed by atoms with E-state index in [4.69, 9.17) is 9.47 Å². The van der Waals surface area contributed by atoms with Crippen LogP contribution in [0.4, 0.5) is 0 Å². The zero-order valence-electron chi connectivity index (χ0n) is 24.3. The molecule has 42 heavy (non-hydrogen) atoms. The number of halogens is 1. The van der Waals surface area contributed by atoms with Gasteiger partial charge in [0.1, 0.15) is 22.9 Å². The minimum atomic E-state index is -0.794. The van der Waals surface area contributed by atoms with Gasteiger partial charge in [-0.25, -0.2) is 9.79 Å². The SMILES string of the molecule is CCOC(=O)C1=C(C)N=c2s/c(=C\c3cc(C)n(-c4sc(C)c(C)c4C#N)c3C)c(=O)n2[C@H]1c1cc(Br)ccc1OC. The molecule has 0 aliphatic carbocycles. The molecule has 1 aliphatic heterocycles. The maximum atomic E-state index is 14.1. The van der Waals surface area contributed by atoms with Gasteiger partial charge in [0.2, 0.25) is 0 Å². The number of rotatable bonds is 6. The number of esters is 1. The predicted molar refractivity (Wildman–Crippen MR) is 168 cm³/mol. The lowest BCUT2D eigenvalue weighted by atomic mass is 9.95. The van der Waals surface area contributed by atoms with Crippen LogP contribution in [0.25, 0.3) is 11.1 Å². The van der Waals surface area contributed by atoms with Gasteiger partial charge in [0, 0.05) is 26.3 Å². The molecule has 4 heterocycles. The fourth-order valence-corrected chi connectivity index (χ4v) is 7.92. The van der Waals surface area contributed by atoms with Gasteiger partial charge in [-0.05, 0) is 83.0 Å². The molecule has 0 N–H and O–H groups in total. The third-order valence-electron chi connectivity index (χ3n) is 7.44. The number of carbonyl (C=O) groups is 1. The van der Waals surface area contributed by atoms with Gasteiger partial charge in [0.05, 0.1) is 35.1 Å². The lowest BCUT2D eigenvalue weighted by Crippen LogP contribution is -2.40. The first-order valence-electron chi connectivity index (χ1n) is 13.2. The monoisotopic (exact) mass is 664 g/mol. The first-order valence-corrected chi connectivity index (χ1v) is 15.7. The molecule has 0 amide bonds. The molecule has 5 rings (SSSR count). The van der Waals surface area contributed by atoms with Crippen molar-refractivity contribution in [2.75, 3.05) is 13.7 Å². The van der Waals surface area contributed by atoms with Crippen molar-refractivity contribution in [3.8, 4) is 16.8 Å². The second-order valence-electron chi connectivity index (χ2n) is 9.93. The molecule has 11 heteroatoms.